The van der Waals surface area contributed by atoms with Gasteiger partial charge in [-0.3, -0.25) is 9.59 Å². The van der Waals surface area contributed by atoms with Crippen molar-refractivity contribution in [2.45, 2.75) is 45.1 Å². The molecule has 0 unspecified atom stereocenters. The van der Waals surface area contributed by atoms with Crippen molar-refractivity contribution in [1.29, 1.82) is 0 Å². The molecule has 1 aliphatic heterocycles. The first-order valence-electron chi connectivity index (χ1n) is 5.32. The average molecular weight is 229 g/mol. The number of unbranched alkanes of at least 4 members (excludes halogenated alkanes) is 1. The molecule has 0 aliphatic carbocycles. The first-order valence-corrected chi connectivity index (χ1v) is 5.32. The molecule has 0 bridgehead atoms. The Morgan fingerprint density at radius 2 is 2.00 bits per heavy atom. The van der Waals surface area contributed by atoms with Gasteiger partial charge in [0.2, 0.25) is 0 Å². The van der Waals surface area contributed by atoms with Gasteiger partial charge in [0.15, 0.2) is 6.10 Å². The van der Waals surface area contributed by atoms with Gasteiger partial charge in [0.25, 0.3) is 11.8 Å². The molecule has 0 radical (unpaired) electrons. The molecule has 1 aliphatic rings. The number of carbonyl (C=O) groups is 3. The maximum absolute atomic E-state index is 11.3. The molecule has 0 aromatic heterocycles. The summed E-state index contributed by atoms with van der Waals surface area (Å²) in [6, 6.07) is 0. The van der Waals surface area contributed by atoms with Gasteiger partial charge in [-0.2, -0.15) is 0 Å². The lowest BCUT2D eigenvalue weighted by Gasteiger charge is -2.15. The summed E-state index contributed by atoms with van der Waals surface area (Å²) in [5.74, 6) is -2.03. The molecule has 2 amide bonds. The minimum Gasteiger partial charge on any atom is -0.381 e. The Kier molecular flexibility index (Phi) is 4.42. The number of carbonyl (C=O) groups excluding carboxylic acids is 3. The molecule has 90 valence electrons. The van der Waals surface area contributed by atoms with Gasteiger partial charge in [0, 0.05) is 12.8 Å². The summed E-state index contributed by atoms with van der Waals surface area (Å²) >= 11 is 0. The lowest BCUT2D eigenvalue weighted by molar-refractivity contribution is -0.203. The molecule has 1 saturated heterocycles. The molecular formula is C10H15NO5. The second-order valence-corrected chi connectivity index (χ2v) is 3.65. The maximum Gasteiger partial charge on any atom is 0.361 e. The highest BCUT2D eigenvalue weighted by molar-refractivity contribution is 6.01. The van der Waals surface area contributed by atoms with Crippen molar-refractivity contribution >= 4 is 17.8 Å². The topological polar surface area (TPSA) is 83.9 Å². The number of aliphatic hydroxyl groups excluding tert-OH is 1. The molecule has 0 saturated carbocycles. The zero-order valence-corrected chi connectivity index (χ0v) is 9.14. The molecule has 1 rings (SSSR count). The standard InChI is InChI=1S/C10H15NO5/c1-2-3-4-7(12)10(15)16-11-8(13)5-6-9(11)14/h7,12H,2-6H2,1H3/t7-/m0/s1. The minimum atomic E-state index is -1.28. The summed E-state index contributed by atoms with van der Waals surface area (Å²) in [5.41, 5.74) is 0. The first kappa shape index (κ1) is 12.6. The van der Waals surface area contributed by atoms with Crippen LogP contribution in [0.5, 0.6) is 0 Å². The van der Waals surface area contributed by atoms with Crippen molar-refractivity contribution in [2.24, 2.45) is 0 Å². The molecule has 1 heterocycles. The van der Waals surface area contributed by atoms with E-state index in [1.165, 1.54) is 0 Å². The molecule has 6 heteroatoms. The van der Waals surface area contributed by atoms with Gasteiger partial charge >= 0.3 is 5.97 Å². The largest absolute Gasteiger partial charge is 0.381 e. The third-order valence-corrected chi connectivity index (χ3v) is 2.29. The number of imide groups is 1. The fourth-order valence-corrected chi connectivity index (χ4v) is 1.32. The Balaban J connectivity index is 2.44. The number of hydroxylamine groups is 2. The zero-order valence-electron chi connectivity index (χ0n) is 9.14. The number of rotatable bonds is 5. The van der Waals surface area contributed by atoms with Gasteiger partial charge in [-0.15, -0.1) is 5.06 Å². The van der Waals surface area contributed by atoms with Gasteiger partial charge in [0.05, 0.1) is 0 Å². The summed E-state index contributed by atoms with van der Waals surface area (Å²) in [6.07, 6.45) is 0.616. The molecule has 16 heavy (non-hydrogen) atoms. The van der Waals surface area contributed by atoms with Gasteiger partial charge < -0.3 is 9.94 Å². The molecule has 0 aromatic rings. The lowest BCUT2D eigenvalue weighted by atomic mass is 10.2. The average Bonchev–Trinajstić information content (AvgIpc) is 2.57. The number of amides is 2. The summed E-state index contributed by atoms with van der Waals surface area (Å²) in [6.45, 7) is 1.92. The number of hydrogen-bond acceptors (Lipinski definition) is 5. The summed E-state index contributed by atoms with van der Waals surface area (Å²) in [4.78, 5) is 38.0. The third-order valence-electron chi connectivity index (χ3n) is 2.29. The highest BCUT2D eigenvalue weighted by Gasteiger charge is 2.34. The zero-order chi connectivity index (χ0) is 12.1. The SMILES string of the molecule is CCCC[C@H](O)C(=O)ON1C(=O)CCC1=O. The fourth-order valence-electron chi connectivity index (χ4n) is 1.32. The minimum absolute atomic E-state index is 0.0527. The van der Waals surface area contributed by atoms with E-state index in [-0.39, 0.29) is 19.3 Å². The van der Waals surface area contributed by atoms with Crippen molar-refractivity contribution in [3.05, 3.63) is 0 Å². The van der Waals surface area contributed by atoms with Crippen LogP contribution >= 0.6 is 0 Å². The van der Waals surface area contributed by atoms with E-state index in [2.05, 4.69) is 4.84 Å². The van der Waals surface area contributed by atoms with Crippen LogP contribution in [0.25, 0.3) is 0 Å². The number of nitrogens with zero attached hydrogens (tertiary/aromatic N) is 1. The van der Waals surface area contributed by atoms with Crippen molar-refractivity contribution in [2.75, 3.05) is 0 Å². The van der Waals surface area contributed by atoms with E-state index < -0.39 is 23.9 Å². The predicted octanol–water partition coefficient (Wildman–Crippen LogP) is 0.145. The van der Waals surface area contributed by atoms with Crippen LogP contribution in [-0.2, 0) is 19.2 Å². The van der Waals surface area contributed by atoms with E-state index in [0.29, 0.717) is 11.5 Å². The summed E-state index contributed by atoms with van der Waals surface area (Å²) in [7, 11) is 0. The molecular weight excluding hydrogens is 214 g/mol. The van der Waals surface area contributed by atoms with Crippen LogP contribution in [-0.4, -0.2) is 34.1 Å². The van der Waals surface area contributed by atoms with E-state index in [9.17, 15) is 19.5 Å². The highest BCUT2D eigenvalue weighted by atomic mass is 16.7. The third kappa shape index (κ3) is 3.03. The monoisotopic (exact) mass is 229 g/mol. The van der Waals surface area contributed by atoms with Crippen LogP contribution in [0.2, 0.25) is 0 Å². The molecule has 1 fully saturated rings. The van der Waals surface area contributed by atoms with Gasteiger partial charge in [-0.25, -0.2) is 4.79 Å². The van der Waals surface area contributed by atoms with Crippen molar-refractivity contribution in [1.82, 2.24) is 5.06 Å². The van der Waals surface area contributed by atoms with Crippen LogP contribution in [0.4, 0.5) is 0 Å². The van der Waals surface area contributed by atoms with Crippen LogP contribution < -0.4 is 0 Å². The molecule has 6 nitrogen and oxygen atoms in total. The van der Waals surface area contributed by atoms with E-state index >= 15 is 0 Å². The molecule has 0 aromatic carbocycles. The van der Waals surface area contributed by atoms with E-state index in [0.717, 1.165) is 6.42 Å². The second-order valence-electron chi connectivity index (χ2n) is 3.65. The quantitative estimate of drug-likeness (QED) is 0.678. The molecule has 0 spiro atoms. The van der Waals surface area contributed by atoms with Gasteiger partial charge in [0.1, 0.15) is 0 Å². The second kappa shape index (κ2) is 5.60. The van der Waals surface area contributed by atoms with Crippen LogP contribution in [0.3, 0.4) is 0 Å². The van der Waals surface area contributed by atoms with Crippen LogP contribution in [0, 0.1) is 0 Å². The van der Waals surface area contributed by atoms with Crippen LogP contribution in [0.15, 0.2) is 0 Å². The number of hydrogen-bond donors (Lipinski definition) is 1. The smallest absolute Gasteiger partial charge is 0.361 e. The maximum atomic E-state index is 11.3. The Morgan fingerprint density at radius 3 is 2.50 bits per heavy atom. The summed E-state index contributed by atoms with van der Waals surface area (Å²) < 4.78 is 0. The van der Waals surface area contributed by atoms with E-state index in [1.54, 1.807) is 0 Å². The van der Waals surface area contributed by atoms with E-state index in [4.69, 9.17) is 0 Å². The predicted molar refractivity (Wildman–Crippen MR) is 52.7 cm³/mol. The normalized spacial score (nSPS) is 17.8. The van der Waals surface area contributed by atoms with Crippen LogP contribution in [0.1, 0.15) is 39.0 Å². The number of aliphatic hydroxyl groups is 1. The van der Waals surface area contributed by atoms with E-state index in [1.807, 2.05) is 6.92 Å². The molecule has 1 N–H and O–H groups in total. The Labute approximate surface area is 93.1 Å². The Bertz CT molecular complexity index is 286. The highest BCUT2D eigenvalue weighted by Crippen LogP contribution is 2.13. The first-order chi connectivity index (χ1) is 7.56. The Hall–Kier alpha value is -1.43. The Morgan fingerprint density at radius 1 is 1.44 bits per heavy atom. The fraction of sp³-hybridized carbons (Fsp3) is 0.700. The van der Waals surface area contributed by atoms with Crippen molar-refractivity contribution in [3.63, 3.8) is 0 Å². The lowest BCUT2D eigenvalue weighted by Crippen LogP contribution is -2.36. The van der Waals surface area contributed by atoms with Crippen molar-refractivity contribution in [3.8, 4) is 0 Å². The summed E-state index contributed by atoms with van der Waals surface area (Å²) in [5, 5.41) is 9.80. The van der Waals surface area contributed by atoms with Gasteiger partial charge in [-0.1, -0.05) is 19.8 Å². The van der Waals surface area contributed by atoms with Crippen molar-refractivity contribution < 1.29 is 24.3 Å². The van der Waals surface area contributed by atoms with Gasteiger partial charge in [-0.05, 0) is 6.42 Å². The molecule has 1 atom stereocenters.